The molecule has 0 saturated carbocycles. The fourth-order valence-electron chi connectivity index (χ4n) is 0.794. The molecule has 1 nitrogen and oxygen atoms in total. The van der Waals surface area contributed by atoms with Gasteiger partial charge in [0.15, 0.2) is 0 Å². The third-order valence-electron chi connectivity index (χ3n) is 1.50. The predicted octanol–water partition coefficient (Wildman–Crippen LogP) is 2.80. The van der Waals surface area contributed by atoms with Crippen molar-refractivity contribution >= 4 is 0 Å². The minimum atomic E-state index is 0.919. The van der Waals surface area contributed by atoms with Gasteiger partial charge in [0.1, 0.15) is 0 Å². The van der Waals surface area contributed by atoms with Gasteiger partial charge in [0.25, 0.3) is 0 Å². The summed E-state index contributed by atoms with van der Waals surface area (Å²) in [7, 11) is 0. The molecule has 0 aliphatic carbocycles. The van der Waals surface area contributed by atoms with Gasteiger partial charge in [-0.05, 0) is 25.5 Å². The van der Waals surface area contributed by atoms with Crippen molar-refractivity contribution in [1.82, 2.24) is 5.32 Å². The summed E-state index contributed by atoms with van der Waals surface area (Å²) < 4.78 is 0. The predicted molar refractivity (Wildman–Crippen MR) is 55.9 cm³/mol. The maximum absolute atomic E-state index is 3.71. The highest BCUT2D eigenvalue weighted by atomic mass is 14.9. The molecule has 0 aliphatic rings. The Morgan fingerprint density at radius 2 is 2.08 bits per heavy atom. The van der Waals surface area contributed by atoms with Crippen LogP contribution in [-0.4, -0.2) is 6.54 Å². The van der Waals surface area contributed by atoms with Gasteiger partial charge in [-0.1, -0.05) is 31.4 Å². The number of allylic oxidation sites excluding steroid dienone is 5. The molecule has 0 fully saturated rings. The molecule has 1 heteroatoms. The maximum atomic E-state index is 3.71. The Labute approximate surface area is 75.2 Å². The van der Waals surface area contributed by atoms with Crippen LogP contribution in [0.15, 0.2) is 48.7 Å². The second-order valence-electron chi connectivity index (χ2n) is 2.43. The van der Waals surface area contributed by atoms with E-state index in [0.717, 1.165) is 17.8 Å². The van der Waals surface area contributed by atoms with Crippen LogP contribution >= 0.6 is 0 Å². The van der Waals surface area contributed by atoms with Crippen molar-refractivity contribution in [2.45, 2.75) is 13.8 Å². The van der Waals surface area contributed by atoms with Crippen LogP contribution in [0.3, 0.4) is 0 Å². The summed E-state index contributed by atoms with van der Waals surface area (Å²) in [6.07, 6.45) is 7.50. The fraction of sp³-hybridized carbons (Fsp3) is 0.273. The molecule has 0 rings (SSSR count). The number of nitrogens with one attached hydrogen (secondary N) is 1. The highest BCUT2D eigenvalue weighted by Gasteiger charge is 1.91. The Bertz CT molecular complexity index is 209. The first-order valence-electron chi connectivity index (χ1n) is 4.12. The average Bonchev–Trinajstić information content (AvgIpc) is 2.11. The van der Waals surface area contributed by atoms with Crippen molar-refractivity contribution in [3.8, 4) is 0 Å². The first-order valence-corrected chi connectivity index (χ1v) is 4.12. The van der Waals surface area contributed by atoms with Gasteiger partial charge < -0.3 is 5.32 Å². The second-order valence-corrected chi connectivity index (χ2v) is 2.43. The molecule has 0 heterocycles. The normalized spacial score (nSPS) is 12.5. The molecule has 1 N–H and O–H groups in total. The molecular weight excluding hydrogens is 146 g/mol. The van der Waals surface area contributed by atoms with E-state index in [4.69, 9.17) is 0 Å². The van der Waals surface area contributed by atoms with Crippen molar-refractivity contribution in [3.63, 3.8) is 0 Å². The van der Waals surface area contributed by atoms with E-state index in [-0.39, 0.29) is 0 Å². The van der Waals surface area contributed by atoms with Gasteiger partial charge in [-0.3, -0.25) is 0 Å². The number of hydrogen-bond donors (Lipinski definition) is 1. The van der Waals surface area contributed by atoms with Gasteiger partial charge in [-0.25, -0.2) is 0 Å². The Morgan fingerprint density at radius 1 is 1.42 bits per heavy atom. The lowest BCUT2D eigenvalue weighted by atomic mass is 10.2. The highest BCUT2D eigenvalue weighted by molar-refractivity contribution is 5.30. The molecule has 0 amide bonds. The first kappa shape index (κ1) is 10.8. The highest BCUT2D eigenvalue weighted by Crippen LogP contribution is 2.02. The molecule has 12 heavy (non-hydrogen) atoms. The molecule has 0 atom stereocenters. The van der Waals surface area contributed by atoms with E-state index in [2.05, 4.69) is 25.4 Å². The Balaban J connectivity index is 4.52. The van der Waals surface area contributed by atoms with E-state index in [1.807, 2.05) is 25.2 Å². The van der Waals surface area contributed by atoms with Crippen molar-refractivity contribution in [3.05, 3.63) is 48.7 Å². The number of rotatable bonds is 5. The molecule has 66 valence electrons. The van der Waals surface area contributed by atoms with Crippen LogP contribution in [0.4, 0.5) is 0 Å². The summed E-state index contributed by atoms with van der Waals surface area (Å²) in [5.41, 5.74) is 2.25. The van der Waals surface area contributed by atoms with Crippen LogP contribution in [-0.2, 0) is 0 Å². The topological polar surface area (TPSA) is 12.0 Å². The van der Waals surface area contributed by atoms with Gasteiger partial charge in [0.2, 0.25) is 0 Å². The molecule has 0 aromatic rings. The van der Waals surface area contributed by atoms with Crippen molar-refractivity contribution in [2.75, 3.05) is 6.54 Å². The van der Waals surface area contributed by atoms with Gasteiger partial charge >= 0.3 is 0 Å². The van der Waals surface area contributed by atoms with Crippen LogP contribution in [0.2, 0.25) is 0 Å². The van der Waals surface area contributed by atoms with Gasteiger partial charge in [-0.15, -0.1) is 0 Å². The number of likely N-dealkylation sites (N-methyl/N-ethyl adjacent to an activating group) is 1. The third-order valence-corrected chi connectivity index (χ3v) is 1.50. The van der Waals surface area contributed by atoms with E-state index in [1.54, 1.807) is 6.08 Å². The van der Waals surface area contributed by atoms with E-state index < -0.39 is 0 Å². The first-order chi connectivity index (χ1) is 5.76. The van der Waals surface area contributed by atoms with Crippen LogP contribution < -0.4 is 5.32 Å². The molecule has 0 spiro atoms. The minimum absolute atomic E-state index is 0.919. The second kappa shape index (κ2) is 6.47. The van der Waals surface area contributed by atoms with Gasteiger partial charge in [0.05, 0.1) is 0 Å². The lowest BCUT2D eigenvalue weighted by Gasteiger charge is -2.05. The quantitative estimate of drug-likeness (QED) is 0.614. The van der Waals surface area contributed by atoms with Crippen LogP contribution in [0.5, 0.6) is 0 Å². The monoisotopic (exact) mass is 163 g/mol. The van der Waals surface area contributed by atoms with Crippen LogP contribution in [0.25, 0.3) is 0 Å². The smallest absolute Gasteiger partial charge is 0.0369 e. The summed E-state index contributed by atoms with van der Waals surface area (Å²) in [6, 6.07) is 0. The fourth-order valence-corrected chi connectivity index (χ4v) is 0.794. The van der Waals surface area contributed by atoms with Crippen molar-refractivity contribution in [1.29, 1.82) is 0 Å². The molecule has 0 bridgehead atoms. The van der Waals surface area contributed by atoms with E-state index in [1.165, 1.54) is 0 Å². The van der Waals surface area contributed by atoms with Crippen LogP contribution in [0.1, 0.15) is 13.8 Å². The van der Waals surface area contributed by atoms with Gasteiger partial charge in [0, 0.05) is 12.2 Å². The summed E-state index contributed by atoms with van der Waals surface area (Å²) in [5.74, 6) is 0. The Morgan fingerprint density at radius 3 is 2.50 bits per heavy atom. The lowest BCUT2D eigenvalue weighted by Crippen LogP contribution is -2.11. The Kier molecular flexibility index (Phi) is 5.80. The zero-order chi connectivity index (χ0) is 9.40. The summed E-state index contributed by atoms with van der Waals surface area (Å²) in [4.78, 5) is 0. The zero-order valence-corrected chi connectivity index (χ0v) is 7.93. The lowest BCUT2D eigenvalue weighted by molar-refractivity contribution is 0.869. The molecule has 0 aliphatic heterocycles. The van der Waals surface area contributed by atoms with E-state index >= 15 is 0 Å². The van der Waals surface area contributed by atoms with Crippen molar-refractivity contribution < 1.29 is 0 Å². The summed E-state index contributed by atoms with van der Waals surface area (Å²) >= 11 is 0. The SMILES string of the molecule is C=C/C=C\C(NCC)=C(/C)C=C. The largest absolute Gasteiger partial charge is 0.385 e. The molecule has 0 aromatic carbocycles. The Hall–Kier alpha value is -1.24. The zero-order valence-electron chi connectivity index (χ0n) is 7.93. The van der Waals surface area contributed by atoms with E-state index in [9.17, 15) is 0 Å². The third kappa shape index (κ3) is 3.81. The summed E-state index contributed by atoms with van der Waals surface area (Å²) in [5, 5.41) is 3.24. The van der Waals surface area contributed by atoms with E-state index in [0.29, 0.717) is 0 Å². The maximum Gasteiger partial charge on any atom is 0.0369 e. The van der Waals surface area contributed by atoms with Crippen molar-refractivity contribution in [2.24, 2.45) is 0 Å². The van der Waals surface area contributed by atoms with Crippen LogP contribution in [0, 0.1) is 0 Å². The molecular formula is C11H17N. The average molecular weight is 163 g/mol. The molecule has 0 radical (unpaired) electrons. The minimum Gasteiger partial charge on any atom is -0.385 e. The molecule has 0 aromatic heterocycles. The standard InChI is InChI=1S/C11H17N/c1-5-8-9-11(12-7-3)10(4)6-2/h5-6,8-9,12H,1-2,7H2,3-4H3/b9-8-,11-10-. The molecule has 0 saturated heterocycles. The number of hydrogen-bond acceptors (Lipinski definition) is 1. The summed E-state index contributed by atoms with van der Waals surface area (Å²) in [6.45, 7) is 12.3. The molecule has 0 unspecified atom stereocenters. The van der Waals surface area contributed by atoms with Gasteiger partial charge in [-0.2, -0.15) is 0 Å².